The molecule has 0 spiro atoms. The third-order valence-corrected chi connectivity index (χ3v) is 5.64. The van der Waals surface area contributed by atoms with Crippen LogP contribution in [0.4, 0.5) is 4.79 Å². The highest BCUT2D eigenvalue weighted by atomic mass is 16.5. The van der Waals surface area contributed by atoms with E-state index in [1.807, 2.05) is 0 Å². The lowest BCUT2D eigenvalue weighted by molar-refractivity contribution is -0.139. The number of hydrogen-bond acceptors (Lipinski definition) is 7. The fourth-order valence-electron chi connectivity index (χ4n) is 3.93. The summed E-state index contributed by atoms with van der Waals surface area (Å²) in [6.07, 6.45) is 1.39. The van der Waals surface area contributed by atoms with Crippen molar-refractivity contribution in [2.75, 3.05) is 13.7 Å². The van der Waals surface area contributed by atoms with Crippen LogP contribution in [0.1, 0.15) is 18.5 Å². The molecule has 0 aliphatic carbocycles. The second kappa shape index (κ2) is 8.89. The summed E-state index contributed by atoms with van der Waals surface area (Å²) in [7, 11) is 4.42. The Bertz CT molecular complexity index is 1430. The van der Waals surface area contributed by atoms with Crippen LogP contribution < -0.4 is 26.6 Å². The number of ether oxygens (including phenoxy) is 2. The van der Waals surface area contributed by atoms with Gasteiger partial charge < -0.3 is 24.7 Å². The SMILES string of the molecule is CCOC(=O)C1=C(Cn2cnc3c2c(=O)n(C)c(=O)n3C)NC(=O)NC1c1ccc(OC)cc1. The Morgan fingerprint density at radius 3 is 2.47 bits per heavy atom. The summed E-state index contributed by atoms with van der Waals surface area (Å²) in [5, 5.41) is 5.43. The number of amides is 2. The summed E-state index contributed by atoms with van der Waals surface area (Å²) in [4.78, 5) is 54.8. The molecule has 0 bridgehead atoms. The molecule has 3 heterocycles. The summed E-state index contributed by atoms with van der Waals surface area (Å²) in [6, 6.07) is 5.61. The first kappa shape index (κ1) is 22.8. The van der Waals surface area contributed by atoms with Gasteiger partial charge in [0.25, 0.3) is 5.56 Å². The van der Waals surface area contributed by atoms with E-state index in [-0.39, 0.29) is 35.6 Å². The van der Waals surface area contributed by atoms with E-state index in [4.69, 9.17) is 9.47 Å². The molecule has 1 unspecified atom stereocenters. The number of hydrogen-bond donors (Lipinski definition) is 2. The number of benzene rings is 1. The van der Waals surface area contributed by atoms with Crippen LogP contribution in [-0.2, 0) is 30.2 Å². The number of fused-ring (bicyclic) bond motifs is 1. The Morgan fingerprint density at radius 1 is 1.12 bits per heavy atom. The van der Waals surface area contributed by atoms with Crippen molar-refractivity contribution in [2.24, 2.45) is 14.1 Å². The third kappa shape index (κ3) is 3.83. The first-order chi connectivity index (χ1) is 16.3. The number of rotatable bonds is 6. The molecular formula is C22H24N6O6. The molecule has 2 aromatic heterocycles. The van der Waals surface area contributed by atoms with Crippen LogP contribution in [0, 0.1) is 0 Å². The number of urea groups is 1. The fraction of sp³-hybridized carbons (Fsp3) is 0.318. The quantitative estimate of drug-likeness (QED) is 0.497. The van der Waals surface area contributed by atoms with E-state index in [1.54, 1.807) is 38.3 Å². The van der Waals surface area contributed by atoms with E-state index in [9.17, 15) is 19.2 Å². The zero-order valence-corrected chi connectivity index (χ0v) is 19.1. The van der Waals surface area contributed by atoms with Crippen LogP contribution in [0.15, 0.2) is 51.5 Å². The second-order valence-corrected chi connectivity index (χ2v) is 7.67. The Labute approximate surface area is 193 Å². The van der Waals surface area contributed by atoms with Crippen LogP contribution in [0.2, 0.25) is 0 Å². The summed E-state index contributed by atoms with van der Waals surface area (Å²) in [6.45, 7) is 1.76. The van der Waals surface area contributed by atoms with Crippen molar-refractivity contribution in [3.63, 3.8) is 0 Å². The van der Waals surface area contributed by atoms with E-state index in [2.05, 4.69) is 15.6 Å². The monoisotopic (exact) mass is 468 g/mol. The predicted molar refractivity (Wildman–Crippen MR) is 121 cm³/mol. The van der Waals surface area contributed by atoms with Crippen molar-refractivity contribution in [1.29, 1.82) is 0 Å². The summed E-state index contributed by atoms with van der Waals surface area (Å²) in [5.74, 6) is 0.00721. The van der Waals surface area contributed by atoms with Crippen molar-refractivity contribution >= 4 is 23.2 Å². The van der Waals surface area contributed by atoms with Crippen molar-refractivity contribution in [3.05, 3.63) is 68.3 Å². The zero-order chi connectivity index (χ0) is 24.6. The Hall–Kier alpha value is -4.35. The van der Waals surface area contributed by atoms with E-state index in [0.717, 1.165) is 4.57 Å². The van der Waals surface area contributed by atoms with Gasteiger partial charge in [-0.3, -0.25) is 13.9 Å². The first-order valence-electron chi connectivity index (χ1n) is 10.5. The van der Waals surface area contributed by atoms with Gasteiger partial charge in [0.15, 0.2) is 11.2 Å². The molecule has 12 heteroatoms. The highest BCUT2D eigenvalue weighted by Crippen LogP contribution is 2.30. The lowest BCUT2D eigenvalue weighted by Gasteiger charge is -2.29. The maximum absolute atomic E-state index is 13.0. The van der Waals surface area contributed by atoms with Gasteiger partial charge in [-0.05, 0) is 24.6 Å². The number of imidazole rings is 1. The van der Waals surface area contributed by atoms with Crippen molar-refractivity contribution in [2.45, 2.75) is 19.5 Å². The summed E-state index contributed by atoms with van der Waals surface area (Å²) in [5.41, 5.74) is 0.385. The highest BCUT2D eigenvalue weighted by Gasteiger charge is 2.34. The largest absolute Gasteiger partial charge is 0.497 e. The van der Waals surface area contributed by atoms with Gasteiger partial charge in [-0.15, -0.1) is 0 Å². The number of allylic oxidation sites excluding steroid dienone is 1. The van der Waals surface area contributed by atoms with Crippen molar-refractivity contribution < 1.29 is 19.1 Å². The Morgan fingerprint density at radius 2 is 1.82 bits per heavy atom. The number of nitrogens with zero attached hydrogens (tertiary/aromatic N) is 4. The third-order valence-electron chi connectivity index (χ3n) is 5.64. The van der Waals surface area contributed by atoms with Crippen molar-refractivity contribution in [3.8, 4) is 5.75 Å². The van der Waals surface area contributed by atoms with Crippen LogP contribution in [-0.4, -0.2) is 44.4 Å². The van der Waals surface area contributed by atoms with Crippen LogP contribution in [0.3, 0.4) is 0 Å². The number of aromatic nitrogens is 4. The minimum absolute atomic E-state index is 0.0574. The number of carbonyl (C=O) groups excluding carboxylic acids is 2. The molecule has 4 rings (SSSR count). The molecule has 2 amide bonds. The lowest BCUT2D eigenvalue weighted by Crippen LogP contribution is -2.47. The van der Waals surface area contributed by atoms with Gasteiger partial charge in [0.2, 0.25) is 0 Å². The first-order valence-corrected chi connectivity index (χ1v) is 10.5. The molecule has 1 atom stereocenters. The molecule has 34 heavy (non-hydrogen) atoms. The number of nitrogens with one attached hydrogen (secondary N) is 2. The van der Waals surface area contributed by atoms with Gasteiger partial charge in [0, 0.05) is 14.1 Å². The molecule has 0 radical (unpaired) electrons. The maximum Gasteiger partial charge on any atom is 0.338 e. The highest BCUT2D eigenvalue weighted by molar-refractivity contribution is 5.95. The van der Waals surface area contributed by atoms with E-state index < -0.39 is 29.3 Å². The smallest absolute Gasteiger partial charge is 0.338 e. The maximum atomic E-state index is 13.0. The molecule has 12 nitrogen and oxygen atoms in total. The minimum atomic E-state index is -0.796. The zero-order valence-electron chi connectivity index (χ0n) is 19.1. The van der Waals surface area contributed by atoms with E-state index in [1.165, 1.54) is 29.6 Å². The Kier molecular flexibility index (Phi) is 5.97. The lowest BCUT2D eigenvalue weighted by atomic mass is 9.95. The molecule has 178 valence electrons. The van der Waals surface area contributed by atoms with Crippen molar-refractivity contribution in [1.82, 2.24) is 29.3 Å². The molecule has 0 saturated heterocycles. The Balaban J connectivity index is 1.87. The number of methoxy groups -OCH3 is 1. The van der Waals surface area contributed by atoms with Gasteiger partial charge in [0.05, 0.1) is 43.9 Å². The minimum Gasteiger partial charge on any atom is -0.497 e. The molecule has 0 fully saturated rings. The van der Waals surface area contributed by atoms with Crippen LogP contribution in [0.5, 0.6) is 5.75 Å². The molecular weight excluding hydrogens is 444 g/mol. The summed E-state index contributed by atoms with van der Waals surface area (Å²) >= 11 is 0. The van der Waals surface area contributed by atoms with Gasteiger partial charge in [-0.1, -0.05) is 12.1 Å². The molecule has 1 aliphatic rings. The summed E-state index contributed by atoms with van der Waals surface area (Å²) < 4.78 is 14.2. The van der Waals surface area contributed by atoms with Gasteiger partial charge in [-0.2, -0.15) is 0 Å². The van der Waals surface area contributed by atoms with Crippen LogP contribution >= 0.6 is 0 Å². The van der Waals surface area contributed by atoms with Gasteiger partial charge in [0.1, 0.15) is 5.75 Å². The number of aryl methyl sites for hydroxylation is 1. The molecule has 3 aromatic rings. The normalized spacial score (nSPS) is 15.8. The topological polar surface area (TPSA) is 138 Å². The second-order valence-electron chi connectivity index (χ2n) is 7.67. The molecule has 0 saturated carbocycles. The molecule has 2 N–H and O–H groups in total. The average molecular weight is 468 g/mol. The standard InChI is InChI=1S/C22H24N6O6/c1-5-34-20(30)15-14(24-21(31)25-16(15)12-6-8-13(33-4)9-7-12)10-28-11-23-18-17(28)19(29)27(3)22(32)26(18)2/h6-9,11,16H,5,10H2,1-4H3,(H2,24,25,31). The number of esters is 1. The van der Waals surface area contributed by atoms with Gasteiger partial charge >= 0.3 is 17.7 Å². The molecule has 1 aromatic carbocycles. The van der Waals surface area contributed by atoms with Crippen LogP contribution in [0.25, 0.3) is 11.2 Å². The predicted octanol–water partition coefficient (Wildman–Crippen LogP) is 0.314. The van der Waals surface area contributed by atoms with Gasteiger partial charge in [-0.25, -0.2) is 19.4 Å². The average Bonchev–Trinajstić information content (AvgIpc) is 3.24. The molecule has 1 aliphatic heterocycles. The van der Waals surface area contributed by atoms with E-state index in [0.29, 0.717) is 11.3 Å². The van der Waals surface area contributed by atoms with E-state index >= 15 is 0 Å². The fourth-order valence-corrected chi connectivity index (χ4v) is 3.93. The number of carbonyl (C=O) groups is 2.